The molecule has 3 rings (SSSR count). The van der Waals surface area contributed by atoms with Gasteiger partial charge in [0, 0.05) is 24.7 Å². The number of nitrogens with two attached hydrogens (primary N) is 2. The van der Waals surface area contributed by atoms with Crippen molar-refractivity contribution < 1.29 is 9.59 Å². The van der Waals surface area contributed by atoms with Gasteiger partial charge in [-0.3, -0.25) is 9.59 Å². The molecule has 3 aromatic rings. The van der Waals surface area contributed by atoms with Crippen LogP contribution in [0.25, 0.3) is 16.3 Å². The molecule has 0 spiro atoms. The smallest absolute Gasteiger partial charge is 0.279 e. The minimum absolute atomic E-state index is 0.0585. The van der Waals surface area contributed by atoms with Gasteiger partial charge >= 0.3 is 0 Å². The number of hydrogen-bond donors (Lipinski definition) is 4. The van der Waals surface area contributed by atoms with E-state index in [-0.39, 0.29) is 10.7 Å². The molecule has 0 atom stereocenters. The van der Waals surface area contributed by atoms with Crippen LogP contribution in [-0.4, -0.2) is 59.9 Å². The zero-order valence-corrected chi connectivity index (χ0v) is 20.9. The maximum absolute atomic E-state index is 13.0. The molecule has 186 valence electrons. The van der Waals surface area contributed by atoms with Crippen LogP contribution in [-0.2, 0) is 4.79 Å². The van der Waals surface area contributed by atoms with Crippen LogP contribution in [0.4, 0.5) is 5.69 Å². The average Bonchev–Trinajstić information content (AvgIpc) is 3.35. The van der Waals surface area contributed by atoms with Gasteiger partial charge in [0.1, 0.15) is 16.5 Å². The van der Waals surface area contributed by atoms with E-state index in [2.05, 4.69) is 32.4 Å². The topological polar surface area (TPSA) is 152 Å². The standard InChI is InChI=1S/C25H28N8O2S/c1-16(17-9-5-4-6-10-17)29-21(28-13-14-33(2)3)15-19(26)23(35)30-20-12-8-7-11-18(20)24-31-32-25(36-24)22(27)34/h4-12,15H,1,13-14,26H2,2-3H3,(H2,27,34)(H,28,29)(H,30,35)/b19-15-. The summed E-state index contributed by atoms with van der Waals surface area (Å²) in [4.78, 5) is 30.9. The van der Waals surface area contributed by atoms with Gasteiger partial charge < -0.3 is 27.0 Å². The van der Waals surface area contributed by atoms with Crippen LogP contribution in [0.15, 0.2) is 77.9 Å². The lowest BCUT2D eigenvalue weighted by molar-refractivity contribution is -0.112. The van der Waals surface area contributed by atoms with Crippen molar-refractivity contribution in [3.05, 3.63) is 83.5 Å². The summed E-state index contributed by atoms with van der Waals surface area (Å²) in [7, 11) is 3.92. The monoisotopic (exact) mass is 504 g/mol. The van der Waals surface area contributed by atoms with Crippen LogP contribution in [0.1, 0.15) is 15.4 Å². The Morgan fingerprint density at radius 2 is 1.78 bits per heavy atom. The van der Waals surface area contributed by atoms with Crippen LogP contribution >= 0.6 is 11.3 Å². The second-order valence-corrected chi connectivity index (χ2v) is 8.89. The van der Waals surface area contributed by atoms with Crippen molar-refractivity contribution in [3.63, 3.8) is 0 Å². The first-order chi connectivity index (χ1) is 17.2. The molecule has 11 heteroatoms. The molecular weight excluding hydrogens is 476 g/mol. The molecule has 0 aliphatic heterocycles. The van der Waals surface area contributed by atoms with Crippen molar-refractivity contribution in [2.24, 2.45) is 16.5 Å². The number of hydrogen-bond acceptors (Lipinski definition) is 8. The highest BCUT2D eigenvalue weighted by Gasteiger charge is 2.16. The second kappa shape index (κ2) is 12.4. The van der Waals surface area contributed by atoms with Crippen molar-refractivity contribution >= 4 is 40.4 Å². The predicted molar refractivity (Wildman–Crippen MR) is 144 cm³/mol. The molecule has 0 saturated heterocycles. The van der Waals surface area contributed by atoms with E-state index in [0.29, 0.717) is 34.3 Å². The molecular formula is C25H28N8O2S. The third-order valence-electron chi connectivity index (χ3n) is 4.82. The van der Waals surface area contributed by atoms with Crippen molar-refractivity contribution in [2.45, 2.75) is 0 Å². The van der Waals surface area contributed by atoms with Gasteiger partial charge in [0.2, 0.25) is 5.01 Å². The highest BCUT2D eigenvalue weighted by atomic mass is 32.1. The van der Waals surface area contributed by atoms with Gasteiger partial charge in [-0.1, -0.05) is 60.4 Å². The molecule has 0 bridgehead atoms. The Labute approximate surface area is 213 Å². The Kier molecular flexibility index (Phi) is 9.03. The van der Waals surface area contributed by atoms with Crippen LogP contribution < -0.4 is 22.1 Å². The largest absolute Gasteiger partial charge is 0.394 e. The van der Waals surface area contributed by atoms with Gasteiger partial charge in [0.05, 0.1) is 11.4 Å². The fourth-order valence-electron chi connectivity index (χ4n) is 2.99. The van der Waals surface area contributed by atoms with Crippen molar-refractivity contribution in [1.29, 1.82) is 0 Å². The maximum Gasteiger partial charge on any atom is 0.279 e. The number of aliphatic imine (C=N–C) groups is 1. The number of amidine groups is 1. The first kappa shape index (κ1) is 26.3. The minimum atomic E-state index is -0.668. The van der Waals surface area contributed by atoms with Gasteiger partial charge in [0.15, 0.2) is 0 Å². The molecule has 36 heavy (non-hydrogen) atoms. The number of nitrogens with one attached hydrogen (secondary N) is 2. The second-order valence-electron chi connectivity index (χ2n) is 7.92. The number of carbonyl (C=O) groups excluding carboxylic acids is 2. The number of para-hydroxylation sites is 1. The van der Waals surface area contributed by atoms with Gasteiger partial charge in [-0.15, -0.1) is 10.2 Å². The number of benzene rings is 2. The first-order valence-electron chi connectivity index (χ1n) is 11.0. The number of carbonyl (C=O) groups is 2. The summed E-state index contributed by atoms with van der Waals surface area (Å²) >= 11 is 1.03. The Bertz CT molecular complexity index is 1300. The highest BCUT2D eigenvalue weighted by Crippen LogP contribution is 2.30. The van der Waals surface area contributed by atoms with Crippen molar-refractivity contribution in [1.82, 2.24) is 20.4 Å². The molecule has 0 radical (unpaired) electrons. The van der Waals surface area contributed by atoms with E-state index in [1.54, 1.807) is 24.3 Å². The van der Waals surface area contributed by atoms with Gasteiger partial charge in [0.25, 0.3) is 11.8 Å². The van der Waals surface area contributed by atoms with Crippen LogP contribution in [0.3, 0.4) is 0 Å². The number of likely N-dealkylation sites (N-methyl/N-ethyl adjacent to an activating group) is 1. The van der Waals surface area contributed by atoms with E-state index in [1.165, 1.54) is 6.08 Å². The molecule has 1 heterocycles. The molecule has 6 N–H and O–H groups in total. The maximum atomic E-state index is 13.0. The molecule has 2 aromatic carbocycles. The molecule has 1 aromatic heterocycles. The number of nitrogens with zero attached hydrogens (tertiary/aromatic N) is 4. The third-order valence-corrected chi connectivity index (χ3v) is 5.79. The molecule has 2 amide bonds. The summed E-state index contributed by atoms with van der Waals surface area (Å²) in [5.41, 5.74) is 13.8. The van der Waals surface area contributed by atoms with Gasteiger partial charge in [-0.2, -0.15) is 0 Å². The third kappa shape index (κ3) is 7.32. The number of primary amides is 1. The normalized spacial score (nSPS) is 11.9. The summed E-state index contributed by atoms with van der Waals surface area (Å²) < 4.78 is 0. The fourth-order valence-corrected chi connectivity index (χ4v) is 3.72. The van der Waals surface area contributed by atoms with E-state index >= 15 is 0 Å². The Morgan fingerprint density at radius 3 is 2.44 bits per heavy atom. The molecule has 0 aliphatic carbocycles. The van der Waals surface area contributed by atoms with E-state index in [1.807, 2.05) is 49.3 Å². The van der Waals surface area contributed by atoms with Crippen molar-refractivity contribution in [3.8, 4) is 10.6 Å². The van der Waals surface area contributed by atoms with Crippen LogP contribution in [0.5, 0.6) is 0 Å². The lowest BCUT2D eigenvalue weighted by Crippen LogP contribution is -2.32. The number of aromatic nitrogens is 2. The quantitative estimate of drug-likeness (QED) is 0.188. The summed E-state index contributed by atoms with van der Waals surface area (Å²) in [5, 5.41) is 14.3. The fraction of sp³-hybridized carbons (Fsp3) is 0.160. The van der Waals surface area contributed by atoms with E-state index < -0.39 is 11.8 Å². The summed E-state index contributed by atoms with van der Waals surface area (Å²) in [6, 6.07) is 16.5. The van der Waals surface area contributed by atoms with Crippen LogP contribution in [0, 0.1) is 0 Å². The molecule has 0 unspecified atom stereocenters. The van der Waals surface area contributed by atoms with E-state index in [0.717, 1.165) is 23.4 Å². The van der Waals surface area contributed by atoms with E-state index in [9.17, 15) is 9.59 Å². The Morgan fingerprint density at radius 1 is 1.08 bits per heavy atom. The average molecular weight is 505 g/mol. The molecule has 0 fully saturated rings. The minimum Gasteiger partial charge on any atom is -0.394 e. The van der Waals surface area contributed by atoms with Crippen LogP contribution in [0.2, 0.25) is 0 Å². The number of amides is 2. The first-order valence-corrected chi connectivity index (χ1v) is 11.8. The zero-order chi connectivity index (χ0) is 26.1. The molecule has 0 saturated carbocycles. The highest BCUT2D eigenvalue weighted by molar-refractivity contribution is 7.16. The summed E-state index contributed by atoms with van der Waals surface area (Å²) in [6.45, 7) is 5.37. The number of rotatable bonds is 10. The zero-order valence-electron chi connectivity index (χ0n) is 20.1. The lowest BCUT2D eigenvalue weighted by Gasteiger charge is -2.13. The van der Waals surface area contributed by atoms with Gasteiger partial charge in [-0.25, -0.2) is 4.99 Å². The SMILES string of the molecule is C=C(/N=C(\C=C(/N)C(=O)Nc1ccccc1-c1nnc(C(N)=O)s1)NCCN(C)C)c1ccccc1. The van der Waals surface area contributed by atoms with Gasteiger partial charge in [-0.05, 0) is 31.8 Å². The Balaban J connectivity index is 1.83. The molecule has 0 aliphatic rings. The van der Waals surface area contributed by atoms with Crippen molar-refractivity contribution in [2.75, 3.05) is 32.5 Å². The Hall–Kier alpha value is -4.35. The summed E-state index contributed by atoms with van der Waals surface area (Å²) in [6.07, 6.45) is 1.47. The van der Waals surface area contributed by atoms with E-state index in [4.69, 9.17) is 11.5 Å². The summed E-state index contributed by atoms with van der Waals surface area (Å²) in [5.74, 6) is -0.797. The molecule has 10 nitrogen and oxygen atoms in total. The lowest BCUT2D eigenvalue weighted by atomic mass is 10.2. The predicted octanol–water partition coefficient (Wildman–Crippen LogP) is 2.31. The number of anilines is 1.